The summed E-state index contributed by atoms with van der Waals surface area (Å²) in [5, 5.41) is 0. The van der Waals surface area contributed by atoms with E-state index in [1.165, 1.54) is 0 Å². The maximum Gasteiger partial charge on any atom is 0.130 e. The van der Waals surface area contributed by atoms with Crippen LogP contribution in [0.3, 0.4) is 0 Å². The van der Waals surface area contributed by atoms with Crippen molar-refractivity contribution in [2.24, 2.45) is 5.73 Å². The van der Waals surface area contributed by atoms with Crippen LogP contribution < -0.4 is 17.2 Å². The van der Waals surface area contributed by atoms with E-state index in [2.05, 4.69) is 4.98 Å². The standard InChI is InChI=1S/C7H12N4/c1-4-2-6(9)11-7(10)5(4)3-8/h2H,3,8H2,1H3,(H4,9,10,11). The van der Waals surface area contributed by atoms with Crippen LogP contribution in [0.25, 0.3) is 0 Å². The van der Waals surface area contributed by atoms with Gasteiger partial charge in [-0.2, -0.15) is 0 Å². The second-order valence-corrected chi connectivity index (χ2v) is 2.43. The molecule has 0 radical (unpaired) electrons. The molecule has 1 heterocycles. The van der Waals surface area contributed by atoms with Crippen LogP contribution in [0.15, 0.2) is 6.07 Å². The van der Waals surface area contributed by atoms with Gasteiger partial charge in [-0.25, -0.2) is 4.98 Å². The molecule has 0 unspecified atom stereocenters. The van der Waals surface area contributed by atoms with Crippen molar-refractivity contribution in [3.05, 3.63) is 17.2 Å². The van der Waals surface area contributed by atoms with E-state index in [0.717, 1.165) is 11.1 Å². The number of nitrogen functional groups attached to an aromatic ring is 2. The van der Waals surface area contributed by atoms with Crippen molar-refractivity contribution in [3.8, 4) is 0 Å². The minimum absolute atomic E-state index is 0.408. The van der Waals surface area contributed by atoms with Crippen molar-refractivity contribution < 1.29 is 0 Å². The number of anilines is 2. The summed E-state index contributed by atoms with van der Waals surface area (Å²) >= 11 is 0. The number of nitrogens with zero attached hydrogens (tertiary/aromatic N) is 1. The van der Waals surface area contributed by atoms with Gasteiger partial charge in [0, 0.05) is 12.1 Å². The Kier molecular flexibility index (Phi) is 1.96. The average molecular weight is 152 g/mol. The Bertz CT molecular complexity index is 246. The van der Waals surface area contributed by atoms with Crippen LogP contribution in [0.4, 0.5) is 11.6 Å². The Hall–Kier alpha value is -1.29. The van der Waals surface area contributed by atoms with E-state index in [0.29, 0.717) is 18.2 Å². The lowest BCUT2D eigenvalue weighted by Gasteiger charge is -2.06. The van der Waals surface area contributed by atoms with Crippen molar-refractivity contribution in [1.82, 2.24) is 4.98 Å². The maximum absolute atomic E-state index is 5.56. The molecule has 0 saturated heterocycles. The van der Waals surface area contributed by atoms with Gasteiger partial charge in [-0.3, -0.25) is 0 Å². The third-order valence-corrected chi connectivity index (χ3v) is 1.60. The molecule has 0 saturated carbocycles. The molecule has 1 aromatic heterocycles. The van der Waals surface area contributed by atoms with Crippen LogP contribution in [-0.2, 0) is 6.54 Å². The molecule has 0 aliphatic rings. The third-order valence-electron chi connectivity index (χ3n) is 1.60. The highest BCUT2D eigenvalue weighted by Gasteiger charge is 2.02. The summed E-state index contributed by atoms with van der Waals surface area (Å²) in [6, 6.07) is 1.76. The van der Waals surface area contributed by atoms with Crippen molar-refractivity contribution in [1.29, 1.82) is 0 Å². The zero-order chi connectivity index (χ0) is 8.43. The molecule has 0 aliphatic carbocycles. The SMILES string of the molecule is Cc1cc(N)nc(N)c1CN. The number of aryl methyl sites for hydroxylation is 1. The van der Waals surface area contributed by atoms with Gasteiger partial charge in [0.2, 0.25) is 0 Å². The van der Waals surface area contributed by atoms with Crippen LogP contribution in [0, 0.1) is 6.92 Å². The predicted molar refractivity (Wildman–Crippen MR) is 45.7 cm³/mol. The molecule has 60 valence electrons. The summed E-state index contributed by atoms with van der Waals surface area (Å²) in [7, 11) is 0. The largest absolute Gasteiger partial charge is 0.384 e. The molecule has 0 amide bonds. The van der Waals surface area contributed by atoms with Crippen LogP contribution in [0.1, 0.15) is 11.1 Å². The lowest BCUT2D eigenvalue weighted by Crippen LogP contribution is -2.07. The summed E-state index contributed by atoms with van der Waals surface area (Å²) in [6.45, 7) is 2.32. The third kappa shape index (κ3) is 1.40. The molecule has 4 nitrogen and oxygen atoms in total. The average Bonchev–Trinajstić information content (AvgIpc) is 1.85. The molecule has 4 heteroatoms. The molecular weight excluding hydrogens is 140 g/mol. The predicted octanol–water partition coefficient (Wildman–Crippen LogP) is 0.0131. The van der Waals surface area contributed by atoms with Crippen molar-refractivity contribution in [3.63, 3.8) is 0 Å². The molecule has 0 spiro atoms. The first kappa shape index (κ1) is 7.81. The normalized spacial score (nSPS) is 10.0. The quantitative estimate of drug-likeness (QED) is 0.528. The first-order chi connectivity index (χ1) is 5.15. The molecule has 0 aliphatic heterocycles. The molecule has 0 aromatic carbocycles. The van der Waals surface area contributed by atoms with Gasteiger partial charge >= 0.3 is 0 Å². The van der Waals surface area contributed by atoms with E-state index < -0.39 is 0 Å². The van der Waals surface area contributed by atoms with Gasteiger partial charge < -0.3 is 17.2 Å². The number of aromatic nitrogens is 1. The first-order valence-corrected chi connectivity index (χ1v) is 3.36. The molecule has 11 heavy (non-hydrogen) atoms. The van der Waals surface area contributed by atoms with E-state index >= 15 is 0 Å². The molecule has 0 fully saturated rings. The van der Waals surface area contributed by atoms with Crippen LogP contribution in [0.2, 0.25) is 0 Å². The van der Waals surface area contributed by atoms with Gasteiger partial charge in [-0.05, 0) is 18.6 Å². The van der Waals surface area contributed by atoms with Gasteiger partial charge in [-0.1, -0.05) is 0 Å². The van der Waals surface area contributed by atoms with Gasteiger partial charge in [-0.15, -0.1) is 0 Å². The van der Waals surface area contributed by atoms with E-state index in [4.69, 9.17) is 17.2 Å². The molecule has 1 aromatic rings. The van der Waals surface area contributed by atoms with E-state index in [-0.39, 0.29) is 0 Å². The van der Waals surface area contributed by atoms with Gasteiger partial charge in [0.05, 0.1) is 0 Å². The van der Waals surface area contributed by atoms with Gasteiger partial charge in [0.15, 0.2) is 0 Å². The summed E-state index contributed by atoms with van der Waals surface area (Å²) in [6.07, 6.45) is 0. The fourth-order valence-corrected chi connectivity index (χ4v) is 1.02. The highest BCUT2D eigenvalue weighted by atomic mass is 14.9. The molecule has 1 rings (SSSR count). The van der Waals surface area contributed by atoms with E-state index in [1.54, 1.807) is 6.07 Å². The smallest absolute Gasteiger partial charge is 0.130 e. The van der Waals surface area contributed by atoms with Crippen molar-refractivity contribution >= 4 is 11.6 Å². The van der Waals surface area contributed by atoms with Gasteiger partial charge in [0.1, 0.15) is 11.6 Å². The van der Waals surface area contributed by atoms with Crippen LogP contribution in [0.5, 0.6) is 0 Å². The lowest BCUT2D eigenvalue weighted by atomic mass is 10.1. The van der Waals surface area contributed by atoms with Crippen molar-refractivity contribution in [2.75, 3.05) is 11.5 Å². The molecular formula is C7H12N4. The second-order valence-electron chi connectivity index (χ2n) is 2.43. The Morgan fingerprint density at radius 3 is 2.55 bits per heavy atom. The number of hydrogen-bond acceptors (Lipinski definition) is 4. The Morgan fingerprint density at radius 1 is 1.45 bits per heavy atom. The Labute approximate surface area is 65.4 Å². The number of pyridine rings is 1. The fraction of sp³-hybridized carbons (Fsp3) is 0.286. The number of rotatable bonds is 1. The number of hydrogen-bond donors (Lipinski definition) is 3. The Morgan fingerprint density at radius 2 is 2.09 bits per heavy atom. The van der Waals surface area contributed by atoms with Crippen molar-refractivity contribution in [2.45, 2.75) is 13.5 Å². The lowest BCUT2D eigenvalue weighted by molar-refractivity contribution is 1.03. The van der Waals surface area contributed by atoms with Gasteiger partial charge in [0.25, 0.3) is 0 Å². The van der Waals surface area contributed by atoms with Crippen LogP contribution >= 0.6 is 0 Å². The van der Waals surface area contributed by atoms with Crippen LogP contribution in [-0.4, -0.2) is 4.98 Å². The zero-order valence-electron chi connectivity index (χ0n) is 6.46. The van der Waals surface area contributed by atoms with E-state index in [9.17, 15) is 0 Å². The monoisotopic (exact) mass is 152 g/mol. The highest BCUT2D eigenvalue weighted by Crippen LogP contribution is 2.15. The first-order valence-electron chi connectivity index (χ1n) is 3.36. The topological polar surface area (TPSA) is 90.9 Å². The minimum Gasteiger partial charge on any atom is -0.384 e. The Balaban J connectivity index is 3.25. The zero-order valence-corrected chi connectivity index (χ0v) is 6.46. The summed E-state index contributed by atoms with van der Waals surface area (Å²) in [4.78, 5) is 3.88. The fourth-order valence-electron chi connectivity index (χ4n) is 1.02. The summed E-state index contributed by atoms with van der Waals surface area (Å²) in [5.74, 6) is 0.877. The molecule has 0 bridgehead atoms. The highest BCUT2D eigenvalue weighted by molar-refractivity contribution is 5.50. The summed E-state index contributed by atoms with van der Waals surface area (Å²) < 4.78 is 0. The number of nitrogens with two attached hydrogens (primary N) is 3. The molecule has 0 atom stereocenters. The second kappa shape index (κ2) is 2.75. The summed E-state index contributed by atoms with van der Waals surface area (Å²) in [5.41, 5.74) is 18.3. The minimum atomic E-state index is 0.408. The van der Waals surface area contributed by atoms with E-state index in [1.807, 2.05) is 6.92 Å². The maximum atomic E-state index is 5.56. The molecule has 6 N–H and O–H groups in total.